The largest absolute Gasteiger partial charge is 0.378 e. The van der Waals surface area contributed by atoms with E-state index in [4.69, 9.17) is 9.47 Å². The molecule has 0 aromatic heterocycles. The number of ether oxygens (including phenoxy) is 2. The second-order valence-electron chi connectivity index (χ2n) is 6.83. The van der Waals surface area contributed by atoms with Crippen LogP contribution in [0.3, 0.4) is 0 Å². The summed E-state index contributed by atoms with van der Waals surface area (Å²) in [6.45, 7) is 14.0. The van der Waals surface area contributed by atoms with E-state index in [0.717, 1.165) is 39.1 Å². The van der Waals surface area contributed by atoms with Crippen molar-refractivity contribution in [3.8, 4) is 0 Å². The van der Waals surface area contributed by atoms with Crippen LogP contribution in [0.1, 0.15) is 40.5 Å². The lowest BCUT2D eigenvalue weighted by Crippen LogP contribution is -2.56. The van der Waals surface area contributed by atoms with Gasteiger partial charge in [-0.3, -0.25) is 4.90 Å². The van der Waals surface area contributed by atoms with Crippen LogP contribution in [0.2, 0.25) is 0 Å². The van der Waals surface area contributed by atoms with Crippen LogP contribution in [-0.4, -0.2) is 60.0 Å². The number of nitrogens with zero attached hydrogens (tertiary/aromatic N) is 1. The Bertz CT molecular complexity index is 284. The monoisotopic (exact) mass is 287 g/mol. The van der Waals surface area contributed by atoms with Crippen molar-refractivity contribution in [3.63, 3.8) is 0 Å². The topological polar surface area (TPSA) is 21.7 Å². The lowest BCUT2D eigenvalue weighted by molar-refractivity contribution is -0.153. The summed E-state index contributed by atoms with van der Waals surface area (Å²) in [5.41, 5.74) is -0.00861. The maximum atomic E-state index is 6.29. The van der Waals surface area contributed by atoms with Crippen molar-refractivity contribution in [2.75, 3.05) is 38.6 Å². The third kappa shape index (κ3) is 4.62. The molecule has 0 radical (unpaired) electrons. The zero-order chi connectivity index (χ0) is 13.9. The molecule has 0 aromatic rings. The first-order valence-electron chi connectivity index (χ1n) is 7.54. The summed E-state index contributed by atoms with van der Waals surface area (Å²) in [5.74, 6) is 1.21. The van der Waals surface area contributed by atoms with Gasteiger partial charge in [-0.2, -0.15) is 11.8 Å². The van der Waals surface area contributed by atoms with Gasteiger partial charge in [0.15, 0.2) is 0 Å². The fourth-order valence-electron chi connectivity index (χ4n) is 2.86. The minimum atomic E-state index is -0.00861. The Hall–Kier alpha value is 0.230. The Labute approximate surface area is 122 Å². The predicted octanol–water partition coefficient (Wildman–Crippen LogP) is 2.79. The fraction of sp³-hybridized carbons (Fsp3) is 1.00. The molecule has 2 saturated heterocycles. The molecule has 2 atom stereocenters. The van der Waals surface area contributed by atoms with Gasteiger partial charge in [0.05, 0.1) is 12.7 Å². The van der Waals surface area contributed by atoms with Gasteiger partial charge in [-0.1, -0.05) is 27.7 Å². The first-order chi connectivity index (χ1) is 8.92. The minimum absolute atomic E-state index is 0.00861. The Morgan fingerprint density at radius 3 is 2.74 bits per heavy atom. The Balaban J connectivity index is 1.85. The Morgan fingerprint density at radius 2 is 2.16 bits per heavy atom. The molecule has 2 aliphatic rings. The molecule has 0 bridgehead atoms. The Morgan fingerprint density at radius 1 is 1.37 bits per heavy atom. The number of morpholine rings is 1. The second kappa shape index (κ2) is 6.33. The molecule has 0 saturated carbocycles. The third-order valence-electron chi connectivity index (χ3n) is 3.86. The third-order valence-corrected chi connectivity index (χ3v) is 5.11. The molecule has 4 heteroatoms. The highest BCUT2D eigenvalue weighted by Crippen LogP contribution is 2.31. The quantitative estimate of drug-likeness (QED) is 0.792. The van der Waals surface area contributed by atoms with Crippen LogP contribution in [0.25, 0.3) is 0 Å². The summed E-state index contributed by atoms with van der Waals surface area (Å²) < 4.78 is 12.2. The van der Waals surface area contributed by atoms with Gasteiger partial charge < -0.3 is 9.47 Å². The van der Waals surface area contributed by atoms with Gasteiger partial charge in [-0.15, -0.1) is 0 Å². The van der Waals surface area contributed by atoms with Gasteiger partial charge in [-0.25, -0.2) is 0 Å². The van der Waals surface area contributed by atoms with Crippen LogP contribution in [0, 0.1) is 0 Å². The molecule has 2 rings (SSSR count). The van der Waals surface area contributed by atoms with Gasteiger partial charge in [0.1, 0.15) is 5.60 Å². The van der Waals surface area contributed by atoms with Crippen LogP contribution in [0.15, 0.2) is 0 Å². The average molecular weight is 287 g/mol. The van der Waals surface area contributed by atoms with E-state index in [1.165, 1.54) is 12.3 Å². The first-order valence-corrected chi connectivity index (χ1v) is 8.53. The lowest BCUT2D eigenvalue weighted by Gasteiger charge is -2.44. The van der Waals surface area contributed by atoms with Gasteiger partial charge in [0, 0.05) is 43.2 Å². The summed E-state index contributed by atoms with van der Waals surface area (Å²) in [6, 6.07) is 0. The predicted molar refractivity (Wildman–Crippen MR) is 82.0 cm³/mol. The molecule has 19 heavy (non-hydrogen) atoms. The molecule has 0 unspecified atom stereocenters. The van der Waals surface area contributed by atoms with Gasteiger partial charge >= 0.3 is 0 Å². The van der Waals surface area contributed by atoms with Crippen LogP contribution in [0.5, 0.6) is 0 Å². The molecule has 2 fully saturated rings. The van der Waals surface area contributed by atoms with Crippen molar-refractivity contribution in [1.82, 2.24) is 4.90 Å². The van der Waals surface area contributed by atoms with Crippen molar-refractivity contribution in [2.24, 2.45) is 0 Å². The van der Waals surface area contributed by atoms with Crippen molar-refractivity contribution in [1.29, 1.82) is 0 Å². The number of rotatable bonds is 4. The van der Waals surface area contributed by atoms with E-state index < -0.39 is 0 Å². The summed E-state index contributed by atoms with van der Waals surface area (Å²) in [7, 11) is 0. The standard InChI is InChI=1S/C15H29NO2S/c1-5-13-10-16(7-9-19-14(2,3)4)11-15(18-13)6-8-17-12-15/h13H,5-12H2,1-4H3/t13-,15+/m1/s1. The van der Waals surface area contributed by atoms with Crippen molar-refractivity contribution < 1.29 is 9.47 Å². The van der Waals surface area contributed by atoms with Crippen molar-refractivity contribution in [2.45, 2.75) is 57.0 Å². The number of thioether (sulfide) groups is 1. The van der Waals surface area contributed by atoms with E-state index in [2.05, 4.69) is 44.4 Å². The normalized spacial score (nSPS) is 33.2. The minimum Gasteiger partial charge on any atom is -0.378 e. The number of hydrogen-bond acceptors (Lipinski definition) is 4. The van der Waals surface area contributed by atoms with Gasteiger partial charge in [0.25, 0.3) is 0 Å². The highest BCUT2D eigenvalue weighted by molar-refractivity contribution is 8.00. The van der Waals surface area contributed by atoms with E-state index >= 15 is 0 Å². The number of hydrogen-bond donors (Lipinski definition) is 0. The zero-order valence-electron chi connectivity index (χ0n) is 12.9. The van der Waals surface area contributed by atoms with E-state index in [1.807, 2.05) is 0 Å². The molecule has 3 nitrogen and oxygen atoms in total. The second-order valence-corrected chi connectivity index (χ2v) is 8.75. The maximum absolute atomic E-state index is 6.29. The van der Waals surface area contributed by atoms with E-state index in [1.54, 1.807) is 0 Å². The molecule has 1 spiro atoms. The molecule has 0 amide bonds. The zero-order valence-corrected chi connectivity index (χ0v) is 13.7. The molecule has 0 aromatic carbocycles. The van der Waals surface area contributed by atoms with Crippen LogP contribution in [0.4, 0.5) is 0 Å². The highest BCUT2D eigenvalue weighted by atomic mass is 32.2. The van der Waals surface area contributed by atoms with Crippen LogP contribution in [-0.2, 0) is 9.47 Å². The summed E-state index contributed by atoms with van der Waals surface area (Å²) in [5, 5.41) is 0. The Kier molecular flexibility index (Phi) is 5.21. The molecule has 0 N–H and O–H groups in total. The van der Waals surface area contributed by atoms with Crippen molar-refractivity contribution in [3.05, 3.63) is 0 Å². The van der Waals surface area contributed by atoms with E-state index in [9.17, 15) is 0 Å². The molecule has 2 aliphatic heterocycles. The van der Waals surface area contributed by atoms with Gasteiger partial charge in [0.2, 0.25) is 0 Å². The molecule has 0 aliphatic carbocycles. The van der Waals surface area contributed by atoms with Crippen LogP contribution >= 0.6 is 11.8 Å². The lowest BCUT2D eigenvalue weighted by atomic mass is 9.98. The maximum Gasteiger partial charge on any atom is 0.107 e. The fourth-order valence-corrected chi connectivity index (χ4v) is 3.82. The molecule has 112 valence electrons. The smallest absolute Gasteiger partial charge is 0.107 e. The SMILES string of the molecule is CC[C@@H]1CN(CCSC(C)(C)C)C[C@]2(CCOC2)O1. The van der Waals surface area contributed by atoms with Crippen LogP contribution < -0.4 is 0 Å². The average Bonchev–Trinajstić information content (AvgIpc) is 2.74. The van der Waals surface area contributed by atoms with Crippen molar-refractivity contribution >= 4 is 11.8 Å². The molecular weight excluding hydrogens is 258 g/mol. The van der Waals surface area contributed by atoms with Gasteiger partial charge in [-0.05, 0) is 6.42 Å². The highest BCUT2D eigenvalue weighted by Gasteiger charge is 2.43. The van der Waals surface area contributed by atoms with E-state index in [-0.39, 0.29) is 5.60 Å². The van der Waals surface area contributed by atoms with E-state index in [0.29, 0.717) is 10.9 Å². The molecule has 2 heterocycles. The molecular formula is C15H29NO2S. The summed E-state index contributed by atoms with van der Waals surface area (Å²) in [4.78, 5) is 2.59. The first kappa shape index (κ1) is 15.6. The summed E-state index contributed by atoms with van der Waals surface area (Å²) >= 11 is 2.05. The summed E-state index contributed by atoms with van der Waals surface area (Å²) in [6.07, 6.45) is 2.55.